The molecule has 0 aliphatic carbocycles. The zero-order valence-electron chi connectivity index (χ0n) is 85.7. The van der Waals surface area contributed by atoms with Crippen molar-refractivity contribution in [3.8, 4) is 56.4 Å². The predicted molar refractivity (Wildman–Crippen MR) is 591 cm³/mol. The fourth-order valence-corrected chi connectivity index (χ4v) is 22.5. The van der Waals surface area contributed by atoms with E-state index < -0.39 is 0 Å². The van der Waals surface area contributed by atoms with Crippen molar-refractivity contribution < 1.29 is 0 Å². The highest BCUT2D eigenvalue weighted by Gasteiger charge is 2.28. The quantitative estimate of drug-likeness (QED) is 0.119. The summed E-state index contributed by atoms with van der Waals surface area (Å²) in [6.45, 7) is 34.1. The molecule has 0 radical (unpaired) electrons. The Morgan fingerprint density at radius 2 is 0.698 bits per heavy atom. The molecule has 20 aromatic rings. The minimum absolute atomic E-state index is 0.0825. The van der Waals surface area contributed by atoms with Crippen molar-refractivity contribution in [3.05, 3.63) is 336 Å². The van der Waals surface area contributed by atoms with Gasteiger partial charge in [-0.2, -0.15) is 5.10 Å². The van der Waals surface area contributed by atoms with Gasteiger partial charge >= 0.3 is 0 Å². The Hall–Kier alpha value is -14.1. The first-order valence-electron chi connectivity index (χ1n) is 51.3. The number of anilines is 1. The molecule has 0 bridgehead atoms. The fourth-order valence-electron chi connectivity index (χ4n) is 21.5. The molecule has 149 heavy (non-hydrogen) atoms. The van der Waals surface area contributed by atoms with Crippen molar-refractivity contribution in [3.63, 3.8) is 0 Å². The predicted octanol–water partition coefficient (Wildman–Crippen LogP) is 18.4. The van der Waals surface area contributed by atoms with Gasteiger partial charge in [-0.05, 0) is 312 Å². The van der Waals surface area contributed by atoms with Crippen LogP contribution in [-0.2, 0) is 0 Å². The summed E-state index contributed by atoms with van der Waals surface area (Å²) < 4.78 is 17.6. The summed E-state index contributed by atoms with van der Waals surface area (Å²) >= 11 is 25.6. The fraction of sp³-hybridized carbons (Fsp3) is 0.345. The van der Waals surface area contributed by atoms with Crippen molar-refractivity contribution >= 4 is 108 Å². The van der Waals surface area contributed by atoms with Gasteiger partial charge in [-0.25, -0.2) is 49.4 Å². The second-order valence-electron chi connectivity index (χ2n) is 40.7. The molecule has 0 saturated carbocycles. The van der Waals surface area contributed by atoms with Gasteiger partial charge in [-0.15, -0.1) is 0 Å². The van der Waals surface area contributed by atoms with Crippen molar-refractivity contribution in [1.82, 2.24) is 124 Å². The first kappa shape index (κ1) is 101. The van der Waals surface area contributed by atoms with E-state index in [-0.39, 0.29) is 27.8 Å². The maximum atomic E-state index is 13.1. The Morgan fingerprint density at radius 1 is 0.336 bits per heavy atom. The zero-order chi connectivity index (χ0) is 104. The number of hydrogen-bond donors (Lipinski definition) is 1. The second kappa shape index (κ2) is 42.5. The molecule has 5 fully saturated rings. The highest BCUT2D eigenvalue weighted by Crippen LogP contribution is 2.37. The molecule has 0 amide bonds. The Kier molecular flexibility index (Phi) is 28.8. The molecule has 25 rings (SSSR count). The molecule has 5 aliphatic heterocycles. The number of aromatic nitrogens is 21. The molecule has 0 unspecified atom stereocenters. The maximum absolute atomic E-state index is 13.1. The number of piperidine rings is 4. The molecule has 20 aromatic heterocycles. The van der Waals surface area contributed by atoms with Crippen LogP contribution in [0.5, 0.6) is 0 Å². The minimum Gasteiger partial charge on any atom is -0.369 e. The molecule has 32 nitrogen and oxygen atoms in total. The van der Waals surface area contributed by atoms with Crippen molar-refractivity contribution in [2.75, 3.05) is 104 Å². The van der Waals surface area contributed by atoms with E-state index in [4.69, 9.17) is 71.3 Å². The first-order chi connectivity index (χ1) is 71.8. The van der Waals surface area contributed by atoms with Crippen molar-refractivity contribution in [1.29, 1.82) is 0 Å². The van der Waals surface area contributed by atoms with Crippen molar-refractivity contribution in [2.24, 2.45) is 0 Å². The van der Waals surface area contributed by atoms with Crippen LogP contribution in [0, 0.1) is 48.5 Å². The summed E-state index contributed by atoms with van der Waals surface area (Å²) in [7, 11) is 4.31. The van der Waals surface area contributed by atoms with Crippen molar-refractivity contribution in [2.45, 2.75) is 157 Å². The summed E-state index contributed by atoms with van der Waals surface area (Å²) in [5.74, 6) is 1.96. The van der Waals surface area contributed by atoms with Crippen LogP contribution in [0.3, 0.4) is 0 Å². The molecule has 764 valence electrons. The molecule has 0 atom stereocenters. The average molecular weight is 2080 g/mol. The molecule has 5 saturated heterocycles. The minimum atomic E-state index is -0.0972. The summed E-state index contributed by atoms with van der Waals surface area (Å²) in [5, 5.41) is 10.2. The standard InChI is InChI=1S/C24H26ClN5O.C23H24ClN5O.C23H27N7O.C22H22ClN5O.C21H20ClN5O/c1-15(2)28-8-6-17(7-9-28)18-4-5-22-27-21(11-23(31)30(22)14-18)19-10-20(25)24-26-16(3)12-29(24)13-19;1-3-27-8-6-16(7-9-27)17-4-5-21-26-20(11-22(30)29(21)14-17)18-10-19(24)23-25-15(2)12-28(23)13-18;1-15-10-18(28-7-5-6-27(4)8-9-28)14-29-22(31)12-19(25-23(15)29)20-11-21-17(3)24-16(2)13-30(21)26-20;1-14-11-27-12-17(9-18(23)22(27)24-14)19-10-21(29)28-13-16(3-4-20(28)25-19)15-5-7-26(2)8-6-15;1-13-10-26-11-16(8-17(22)21(26)24-13)18-9-20(28)27-12-15(2-3-19(27)25-18)14-4-6-23-7-5-14/h4-5,10-15,17H,6-9H2,1-3H3;4-5,10-14,16H,3,6-9H2,1-2H3;10-14H,5-9H2,1-4H3;3-4,9-13,15H,5-8H2,1-2H3;2-3,8-12,14,23H,4-7H2,1H3. The van der Waals surface area contributed by atoms with E-state index in [0.29, 0.717) is 135 Å². The zero-order valence-corrected chi connectivity index (χ0v) is 88.7. The van der Waals surface area contributed by atoms with Gasteiger partial charge in [0.15, 0.2) is 22.6 Å². The number of pyridine rings is 9. The number of likely N-dealkylation sites (tertiary alicyclic amines) is 3. The van der Waals surface area contributed by atoms with Crippen LogP contribution in [0.1, 0.15) is 164 Å². The van der Waals surface area contributed by atoms with Gasteiger partial charge in [-0.3, -0.25) is 51.0 Å². The third-order valence-electron chi connectivity index (χ3n) is 29.7. The number of rotatable bonds is 12. The van der Waals surface area contributed by atoms with Gasteiger partial charge in [0.1, 0.15) is 33.9 Å². The lowest BCUT2D eigenvalue weighted by atomic mass is 9.90. The van der Waals surface area contributed by atoms with E-state index in [2.05, 4.69) is 125 Å². The summed E-state index contributed by atoms with van der Waals surface area (Å²) in [6.07, 6.45) is 37.0. The third-order valence-corrected chi connectivity index (χ3v) is 30.8. The van der Waals surface area contributed by atoms with Crippen LogP contribution >= 0.6 is 46.4 Å². The number of halogens is 4. The summed E-state index contributed by atoms with van der Waals surface area (Å²) in [5.41, 5.74) is 25.6. The van der Waals surface area contributed by atoms with E-state index >= 15 is 0 Å². The lowest BCUT2D eigenvalue weighted by Crippen LogP contribution is -2.37. The molecule has 25 heterocycles. The Bertz CT molecular complexity index is 8890. The van der Waals surface area contributed by atoms with Gasteiger partial charge in [0.2, 0.25) is 0 Å². The third kappa shape index (κ3) is 21.5. The Morgan fingerprint density at radius 3 is 1.09 bits per heavy atom. The highest BCUT2D eigenvalue weighted by atomic mass is 35.5. The number of likely N-dealkylation sites (N-methyl/N-ethyl adjacent to an activating group) is 1. The molecule has 5 aliphatic rings. The maximum Gasteiger partial charge on any atom is 0.258 e. The molecular weight excluding hydrogens is 1960 g/mol. The van der Waals surface area contributed by atoms with E-state index in [1.807, 2.05) is 212 Å². The lowest BCUT2D eigenvalue weighted by Gasteiger charge is -2.34. The Labute approximate surface area is 879 Å². The van der Waals surface area contributed by atoms with Gasteiger partial charge in [0.25, 0.3) is 27.8 Å². The lowest BCUT2D eigenvalue weighted by molar-refractivity contribution is 0.172. The van der Waals surface area contributed by atoms with E-state index in [9.17, 15) is 24.0 Å². The number of imidazole rings is 4. The highest BCUT2D eigenvalue weighted by molar-refractivity contribution is 6.35. The topological polar surface area (TPSA) is 299 Å². The van der Waals surface area contributed by atoms with Crippen LogP contribution in [0.25, 0.3) is 113 Å². The number of fused-ring (bicyclic) bond motifs is 10. The molecule has 0 spiro atoms. The molecule has 1 N–H and O–H groups in total. The molecular formula is C113H119Cl4N27O5. The number of aryl methyl sites for hydroxylation is 7. The van der Waals surface area contributed by atoms with Crippen LogP contribution in [0.4, 0.5) is 5.69 Å². The van der Waals surface area contributed by atoms with Crippen LogP contribution in [-0.4, -0.2) is 224 Å². The summed E-state index contributed by atoms with van der Waals surface area (Å²) in [4.78, 5) is 123. The number of nitrogens with zero attached hydrogens (tertiary/aromatic N) is 26. The van der Waals surface area contributed by atoms with Gasteiger partial charge < -0.3 is 47.4 Å². The van der Waals surface area contributed by atoms with E-state index in [0.717, 1.165) is 216 Å². The number of hydrogen-bond acceptors (Lipinski definition) is 22. The monoisotopic (exact) mass is 2070 g/mol. The molecule has 0 aromatic carbocycles. The van der Waals surface area contributed by atoms with E-state index in [1.165, 1.54) is 22.3 Å². The van der Waals surface area contributed by atoms with Crippen LogP contribution in [0.15, 0.2) is 226 Å². The van der Waals surface area contributed by atoms with Gasteiger partial charge in [0.05, 0.1) is 100 Å². The SMILES string of the molecule is CCN1CCC(c2ccc3nc(-c4cc(Cl)c5nc(C)cn5c4)cc(=O)n3c2)CC1.Cc1cn2cc(-c3cc(=O)n4cc(C5CCN(C(C)C)CC5)ccc4n3)cc(Cl)c2n1.Cc1cn2cc(-c3cc(=O)n4cc(C5CCN(C)CC5)ccc4n3)cc(Cl)c2n1.Cc1cn2cc(-c3cc(=O)n4cc(C5CCNCC5)ccc4n3)cc(Cl)c2n1.Cc1cn2nc(-c3cc(=O)n4cc(N5CCCN(C)CC5)cc(C)c4n3)cc2c(C)n1. The van der Waals surface area contributed by atoms with Crippen LogP contribution in [0.2, 0.25) is 20.1 Å². The Balaban J connectivity index is 0.000000109. The number of nitrogens with one attached hydrogen (secondary N) is 1. The molecule has 36 heteroatoms. The smallest absolute Gasteiger partial charge is 0.258 e. The van der Waals surface area contributed by atoms with E-state index in [1.54, 1.807) is 52.3 Å². The van der Waals surface area contributed by atoms with Gasteiger partial charge in [-0.1, -0.05) is 77.6 Å². The largest absolute Gasteiger partial charge is 0.369 e. The first-order valence-corrected chi connectivity index (χ1v) is 52.8. The van der Waals surface area contributed by atoms with Gasteiger partial charge in [0, 0.05) is 159 Å². The van der Waals surface area contributed by atoms with Crippen LogP contribution < -0.4 is 38.0 Å². The second-order valence-corrected chi connectivity index (χ2v) is 42.3. The normalized spacial score (nSPS) is 15.9. The summed E-state index contributed by atoms with van der Waals surface area (Å²) in [6, 6.07) is 36.0. The average Bonchev–Trinajstić information content (AvgIpc) is 1.53.